The molecule has 0 aromatic carbocycles. The van der Waals surface area contributed by atoms with Crippen LogP contribution in [-0.2, 0) is 9.31 Å². The molecular formula is C13H16BFN4O2. The van der Waals surface area contributed by atoms with E-state index >= 15 is 0 Å². The maximum atomic E-state index is 14.0. The van der Waals surface area contributed by atoms with Crippen LogP contribution in [0.5, 0.6) is 0 Å². The average molecular weight is 290 g/mol. The molecule has 0 N–H and O–H groups in total. The van der Waals surface area contributed by atoms with Crippen molar-refractivity contribution in [1.82, 2.24) is 19.5 Å². The molecule has 0 saturated carbocycles. The van der Waals surface area contributed by atoms with Crippen molar-refractivity contribution < 1.29 is 13.7 Å². The van der Waals surface area contributed by atoms with E-state index in [1.807, 2.05) is 27.7 Å². The lowest BCUT2D eigenvalue weighted by molar-refractivity contribution is 0.00578. The standard InChI is InChI=1S/C13H16BFN4O2/c1-12(2)13(3,4)21-14(20-12)9-7-19(11(15)18-9)10-5-6-16-8-17-10/h5-8H,1-4H3. The van der Waals surface area contributed by atoms with E-state index < -0.39 is 24.4 Å². The largest absolute Gasteiger partial charge is 0.516 e. The molecule has 0 bridgehead atoms. The lowest BCUT2D eigenvalue weighted by Crippen LogP contribution is -2.41. The Bertz CT molecular complexity index is 643. The Morgan fingerprint density at radius 2 is 1.86 bits per heavy atom. The van der Waals surface area contributed by atoms with E-state index in [4.69, 9.17) is 9.31 Å². The van der Waals surface area contributed by atoms with Crippen LogP contribution in [0.25, 0.3) is 5.82 Å². The first kappa shape index (κ1) is 14.2. The first-order valence-electron chi connectivity index (χ1n) is 6.67. The van der Waals surface area contributed by atoms with Crippen LogP contribution in [0.2, 0.25) is 0 Å². The molecule has 6 nitrogen and oxygen atoms in total. The van der Waals surface area contributed by atoms with Gasteiger partial charge in [0, 0.05) is 12.4 Å². The Morgan fingerprint density at radius 1 is 1.19 bits per heavy atom. The van der Waals surface area contributed by atoms with Gasteiger partial charge in [-0.3, -0.25) is 4.57 Å². The van der Waals surface area contributed by atoms with E-state index in [0.29, 0.717) is 11.4 Å². The zero-order valence-electron chi connectivity index (χ0n) is 12.4. The van der Waals surface area contributed by atoms with Crippen LogP contribution in [0.1, 0.15) is 27.7 Å². The molecule has 2 aromatic rings. The molecule has 110 valence electrons. The molecule has 21 heavy (non-hydrogen) atoms. The summed E-state index contributed by atoms with van der Waals surface area (Å²) in [4.78, 5) is 11.7. The summed E-state index contributed by atoms with van der Waals surface area (Å²) in [6, 6.07) is 1.60. The summed E-state index contributed by atoms with van der Waals surface area (Å²) >= 11 is 0. The zero-order valence-corrected chi connectivity index (χ0v) is 12.4. The molecule has 8 heteroatoms. The minimum Gasteiger partial charge on any atom is -0.398 e. The highest BCUT2D eigenvalue weighted by Crippen LogP contribution is 2.36. The van der Waals surface area contributed by atoms with E-state index in [0.717, 1.165) is 0 Å². The molecule has 3 heterocycles. The number of aromatic nitrogens is 4. The Morgan fingerprint density at radius 3 is 2.43 bits per heavy atom. The SMILES string of the molecule is CC1(C)OB(c2cn(-c3ccncn3)c(F)n2)OC1(C)C. The summed E-state index contributed by atoms with van der Waals surface area (Å²) in [5.74, 6) is 0.401. The van der Waals surface area contributed by atoms with Gasteiger partial charge in [-0.05, 0) is 33.8 Å². The minimum atomic E-state index is -0.701. The van der Waals surface area contributed by atoms with Crippen molar-refractivity contribution in [2.45, 2.75) is 38.9 Å². The van der Waals surface area contributed by atoms with Crippen LogP contribution in [0, 0.1) is 6.08 Å². The molecule has 0 unspecified atom stereocenters. The molecular weight excluding hydrogens is 274 g/mol. The predicted octanol–water partition coefficient (Wildman–Crippen LogP) is 1.10. The van der Waals surface area contributed by atoms with Gasteiger partial charge in [-0.25, -0.2) is 15.0 Å². The second-order valence-corrected chi connectivity index (χ2v) is 5.96. The fourth-order valence-electron chi connectivity index (χ4n) is 2.04. The summed E-state index contributed by atoms with van der Waals surface area (Å²) < 4.78 is 27.0. The van der Waals surface area contributed by atoms with Crippen molar-refractivity contribution in [3.8, 4) is 5.82 Å². The molecule has 0 aliphatic carbocycles. The van der Waals surface area contributed by atoms with E-state index in [2.05, 4.69) is 15.0 Å². The fourth-order valence-corrected chi connectivity index (χ4v) is 2.04. The second kappa shape index (κ2) is 4.61. The Hall–Kier alpha value is -1.80. The Balaban J connectivity index is 1.93. The number of imidazole rings is 1. The van der Waals surface area contributed by atoms with Gasteiger partial charge < -0.3 is 9.31 Å². The molecule has 0 spiro atoms. The normalized spacial score (nSPS) is 20.0. The summed E-state index contributed by atoms with van der Waals surface area (Å²) in [5, 5.41) is 0. The second-order valence-electron chi connectivity index (χ2n) is 5.96. The summed E-state index contributed by atoms with van der Waals surface area (Å²) in [7, 11) is -0.701. The van der Waals surface area contributed by atoms with E-state index in [9.17, 15) is 4.39 Å². The predicted molar refractivity (Wildman–Crippen MR) is 74.8 cm³/mol. The Kier molecular flexibility index (Phi) is 3.10. The molecule has 1 saturated heterocycles. The highest BCUT2D eigenvalue weighted by molar-refractivity contribution is 6.61. The van der Waals surface area contributed by atoms with Crippen LogP contribution in [-0.4, -0.2) is 37.8 Å². The third kappa shape index (κ3) is 2.34. The van der Waals surface area contributed by atoms with Crippen molar-refractivity contribution in [2.75, 3.05) is 0 Å². The molecule has 3 rings (SSSR count). The van der Waals surface area contributed by atoms with Crippen LogP contribution < -0.4 is 5.59 Å². The maximum absolute atomic E-state index is 14.0. The van der Waals surface area contributed by atoms with Crippen LogP contribution >= 0.6 is 0 Å². The topological polar surface area (TPSA) is 62.1 Å². The fraction of sp³-hybridized carbons (Fsp3) is 0.462. The van der Waals surface area contributed by atoms with Crippen LogP contribution in [0.4, 0.5) is 4.39 Å². The van der Waals surface area contributed by atoms with Crippen molar-refractivity contribution >= 4 is 12.7 Å². The van der Waals surface area contributed by atoms with Crippen LogP contribution in [0.15, 0.2) is 24.8 Å². The smallest absolute Gasteiger partial charge is 0.398 e. The number of nitrogens with zero attached hydrogens (tertiary/aromatic N) is 4. The van der Waals surface area contributed by atoms with Gasteiger partial charge in [-0.15, -0.1) is 0 Å². The zero-order chi connectivity index (χ0) is 15.3. The van der Waals surface area contributed by atoms with Gasteiger partial charge in [0.05, 0.1) is 16.8 Å². The first-order valence-corrected chi connectivity index (χ1v) is 6.67. The number of halogens is 1. The summed E-state index contributed by atoms with van der Waals surface area (Å²) in [5.41, 5.74) is -0.607. The molecule has 0 radical (unpaired) electrons. The third-order valence-corrected chi connectivity index (χ3v) is 3.99. The first-order chi connectivity index (χ1) is 9.80. The van der Waals surface area contributed by atoms with Crippen molar-refractivity contribution in [1.29, 1.82) is 0 Å². The van der Waals surface area contributed by atoms with Gasteiger partial charge >= 0.3 is 7.12 Å². The van der Waals surface area contributed by atoms with Crippen molar-refractivity contribution in [2.24, 2.45) is 0 Å². The molecule has 0 atom stereocenters. The van der Waals surface area contributed by atoms with Gasteiger partial charge in [0.1, 0.15) is 12.1 Å². The van der Waals surface area contributed by atoms with Crippen molar-refractivity contribution in [3.05, 3.63) is 30.9 Å². The highest BCUT2D eigenvalue weighted by atomic mass is 19.1. The molecule has 1 aliphatic rings. The monoisotopic (exact) mass is 290 g/mol. The number of hydrogen-bond donors (Lipinski definition) is 0. The van der Waals surface area contributed by atoms with Gasteiger partial charge in [0.15, 0.2) is 0 Å². The third-order valence-electron chi connectivity index (χ3n) is 3.99. The van der Waals surface area contributed by atoms with Gasteiger partial charge in [0.25, 0.3) is 6.08 Å². The van der Waals surface area contributed by atoms with Gasteiger partial charge in [-0.1, -0.05) is 0 Å². The highest BCUT2D eigenvalue weighted by Gasteiger charge is 2.52. The lowest BCUT2D eigenvalue weighted by Gasteiger charge is -2.32. The van der Waals surface area contributed by atoms with Crippen LogP contribution in [0.3, 0.4) is 0 Å². The minimum absolute atomic E-state index is 0.379. The van der Waals surface area contributed by atoms with E-state index in [1.54, 1.807) is 6.07 Å². The average Bonchev–Trinajstić information content (AvgIpc) is 2.89. The molecule has 0 amide bonds. The van der Waals surface area contributed by atoms with E-state index in [-0.39, 0.29) is 0 Å². The maximum Gasteiger partial charge on any atom is 0.516 e. The summed E-state index contributed by atoms with van der Waals surface area (Å²) in [6.45, 7) is 7.74. The van der Waals surface area contributed by atoms with E-state index in [1.165, 1.54) is 23.3 Å². The van der Waals surface area contributed by atoms with Gasteiger partial charge in [0.2, 0.25) is 0 Å². The number of hydrogen-bond acceptors (Lipinski definition) is 5. The molecule has 2 aromatic heterocycles. The molecule has 1 fully saturated rings. The number of rotatable bonds is 2. The lowest BCUT2D eigenvalue weighted by atomic mass is 9.86. The molecule has 1 aliphatic heterocycles. The Labute approximate surface area is 122 Å². The quantitative estimate of drug-likeness (QED) is 0.775. The summed E-state index contributed by atoms with van der Waals surface area (Å²) in [6.07, 6.45) is 3.75. The van der Waals surface area contributed by atoms with Crippen molar-refractivity contribution in [3.63, 3.8) is 0 Å². The van der Waals surface area contributed by atoms with Gasteiger partial charge in [-0.2, -0.15) is 4.39 Å².